The molecule has 0 bridgehead atoms. The largest absolute Gasteiger partial charge is 0.388 e. The summed E-state index contributed by atoms with van der Waals surface area (Å²) in [6.07, 6.45) is 1.24. The maximum absolute atomic E-state index is 9.71. The van der Waals surface area contributed by atoms with Crippen molar-refractivity contribution in [2.75, 3.05) is 24.3 Å². The second-order valence-electron chi connectivity index (χ2n) is 4.16. The van der Waals surface area contributed by atoms with Crippen LogP contribution in [0.25, 0.3) is 0 Å². The van der Waals surface area contributed by atoms with Crippen LogP contribution in [0, 0.1) is 0 Å². The van der Waals surface area contributed by atoms with Gasteiger partial charge >= 0.3 is 0 Å². The van der Waals surface area contributed by atoms with Crippen LogP contribution in [0.5, 0.6) is 0 Å². The zero-order valence-corrected chi connectivity index (χ0v) is 10.2. The van der Waals surface area contributed by atoms with Gasteiger partial charge in [-0.05, 0) is 24.4 Å². The molecule has 1 aliphatic rings. The van der Waals surface area contributed by atoms with Crippen LogP contribution in [0.4, 0.5) is 0 Å². The Morgan fingerprint density at radius 3 is 2.47 bits per heavy atom. The van der Waals surface area contributed by atoms with Gasteiger partial charge in [-0.3, -0.25) is 0 Å². The van der Waals surface area contributed by atoms with Crippen LogP contribution in [0.2, 0.25) is 0 Å². The molecule has 4 N–H and O–H groups in total. The van der Waals surface area contributed by atoms with E-state index in [9.17, 15) is 10.2 Å². The van der Waals surface area contributed by atoms with Gasteiger partial charge in [-0.2, -0.15) is 0 Å². The van der Waals surface area contributed by atoms with Crippen molar-refractivity contribution in [1.82, 2.24) is 0 Å². The van der Waals surface area contributed by atoms with Crippen molar-refractivity contribution >= 4 is 10.9 Å². The molecule has 1 heterocycles. The van der Waals surface area contributed by atoms with Crippen molar-refractivity contribution in [1.29, 1.82) is 0 Å². The van der Waals surface area contributed by atoms with E-state index in [2.05, 4.69) is 6.26 Å². The number of rotatable bonds is 5. The molecular weight excluding hydrogens is 214 g/mol. The fraction of sp³-hybridized carbons (Fsp3) is 1.00. The maximum Gasteiger partial charge on any atom is 0.136 e. The van der Waals surface area contributed by atoms with Gasteiger partial charge < -0.3 is 20.7 Å². The van der Waals surface area contributed by atoms with Crippen LogP contribution in [-0.4, -0.2) is 58.9 Å². The van der Waals surface area contributed by atoms with Gasteiger partial charge in [0.25, 0.3) is 0 Å². The monoisotopic (exact) mass is 236 g/mol. The van der Waals surface area contributed by atoms with E-state index in [0.29, 0.717) is 6.54 Å². The predicted molar refractivity (Wildman–Crippen MR) is 63.0 cm³/mol. The van der Waals surface area contributed by atoms with Gasteiger partial charge in [-0.25, -0.2) is 0 Å². The quantitative estimate of drug-likeness (QED) is 0.540. The fourth-order valence-electron chi connectivity index (χ4n) is 1.77. The van der Waals surface area contributed by atoms with Crippen LogP contribution in [-0.2, 0) is 15.6 Å². The Bertz CT molecular complexity index is 194. The van der Waals surface area contributed by atoms with Gasteiger partial charge in [-0.15, -0.1) is 0 Å². The fourth-order valence-corrected chi connectivity index (χ4v) is 3.43. The van der Waals surface area contributed by atoms with Crippen LogP contribution in [0.15, 0.2) is 0 Å². The predicted octanol–water partition coefficient (Wildman–Crippen LogP) is -0.908. The average Bonchev–Trinajstić information content (AvgIpc) is 2.43. The SMILES string of the molecule is CC1OC(C[S+](C)CCCN)[C@@H](O)[C@H]1O. The average molecular weight is 236 g/mol. The minimum atomic E-state index is -0.735. The van der Waals surface area contributed by atoms with Crippen LogP contribution < -0.4 is 5.73 Å². The van der Waals surface area contributed by atoms with E-state index in [1.165, 1.54) is 0 Å². The number of nitrogens with two attached hydrogens (primary N) is 1. The molecule has 0 aromatic rings. The maximum atomic E-state index is 9.71. The summed E-state index contributed by atoms with van der Waals surface area (Å²) in [5, 5.41) is 19.2. The van der Waals surface area contributed by atoms with Crippen LogP contribution in [0.1, 0.15) is 13.3 Å². The molecule has 5 heteroatoms. The summed E-state index contributed by atoms with van der Waals surface area (Å²) in [4.78, 5) is 0. The second-order valence-corrected chi connectivity index (χ2v) is 6.46. The first-order chi connectivity index (χ1) is 7.06. The van der Waals surface area contributed by atoms with Crippen molar-refractivity contribution < 1.29 is 14.9 Å². The Labute approximate surface area is 94.2 Å². The summed E-state index contributed by atoms with van der Waals surface area (Å²) < 4.78 is 5.51. The molecule has 0 saturated carbocycles. The van der Waals surface area contributed by atoms with Crippen LogP contribution in [0.3, 0.4) is 0 Å². The number of aliphatic hydroxyl groups excluding tert-OH is 2. The molecule has 0 aromatic heterocycles. The summed E-state index contributed by atoms with van der Waals surface area (Å²) in [5.41, 5.74) is 5.44. The van der Waals surface area contributed by atoms with Gasteiger partial charge in [-0.1, -0.05) is 0 Å². The van der Waals surface area contributed by atoms with E-state index in [0.717, 1.165) is 17.9 Å². The lowest BCUT2D eigenvalue weighted by Gasteiger charge is -2.13. The van der Waals surface area contributed by atoms with Crippen molar-refractivity contribution in [3.05, 3.63) is 0 Å². The molecule has 1 rings (SSSR count). The Kier molecular flexibility index (Phi) is 5.35. The molecular formula is C10H22NO3S+. The molecule has 1 aliphatic heterocycles. The topological polar surface area (TPSA) is 75.7 Å². The summed E-state index contributed by atoms with van der Waals surface area (Å²) in [7, 11) is 0.214. The van der Waals surface area contributed by atoms with Crippen molar-refractivity contribution in [2.45, 2.75) is 37.8 Å². The normalized spacial score (nSPS) is 38.2. The van der Waals surface area contributed by atoms with Gasteiger partial charge in [0, 0.05) is 6.42 Å². The molecule has 5 atom stereocenters. The standard InChI is InChI=1S/C10H22NO3S/c1-7-9(12)10(13)8(14-7)6-15(2)5-3-4-11/h7-10,12-13H,3-6,11H2,1-2H3/q+1/t7?,8?,9-,10+,15?/m0/s1. The molecule has 4 nitrogen and oxygen atoms in total. The second kappa shape index (κ2) is 6.06. The van der Waals surface area contributed by atoms with Gasteiger partial charge in [0.15, 0.2) is 0 Å². The Morgan fingerprint density at radius 2 is 2.00 bits per heavy atom. The van der Waals surface area contributed by atoms with Gasteiger partial charge in [0.05, 0.1) is 12.4 Å². The summed E-state index contributed by atoms with van der Waals surface area (Å²) in [6.45, 7) is 2.51. The van der Waals surface area contributed by atoms with E-state index in [4.69, 9.17) is 10.5 Å². The minimum absolute atomic E-state index is 0.207. The summed E-state index contributed by atoms with van der Waals surface area (Å²) in [5.74, 6) is 1.90. The minimum Gasteiger partial charge on any atom is -0.388 e. The molecule has 0 aliphatic carbocycles. The van der Waals surface area contributed by atoms with E-state index >= 15 is 0 Å². The zero-order chi connectivity index (χ0) is 11.4. The molecule has 0 radical (unpaired) electrons. The molecule has 0 aromatic carbocycles. The third kappa shape index (κ3) is 3.60. The number of aliphatic hydroxyl groups is 2. The highest BCUT2D eigenvalue weighted by molar-refractivity contribution is 7.96. The highest BCUT2D eigenvalue weighted by Gasteiger charge is 2.42. The highest BCUT2D eigenvalue weighted by atomic mass is 32.2. The lowest BCUT2D eigenvalue weighted by molar-refractivity contribution is 0.0300. The molecule has 1 fully saturated rings. The smallest absolute Gasteiger partial charge is 0.136 e. The molecule has 3 unspecified atom stereocenters. The van der Waals surface area contributed by atoms with Crippen molar-refractivity contribution in [2.24, 2.45) is 5.73 Å². The molecule has 0 amide bonds. The third-order valence-electron chi connectivity index (χ3n) is 2.75. The molecule has 90 valence electrons. The van der Waals surface area contributed by atoms with E-state index < -0.39 is 12.2 Å². The number of ether oxygens (including phenoxy) is 1. The first-order valence-electron chi connectivity index (χ1n) is 5.37. The Balaban J connectivity index is 2.32. The summed E-state index contributed by atoms with van der Waals surface area (Å²) >= 11 is 0. The molecule has 15 heavy (non-hydrogen) atoms. The lowest BCUT2D eigenvalue weighted by Crippen LogP contribution is -2.35. The lowest BCUT2D eigenvalue weighted by atomic mass is 10.1. The van der Waals surface area contributed by atoms with Crippen molar-refractivity contribution in [3.63, 3.8) is 0 Å². The summed E-state index contributed by atoms with van der Waals surface area (Å²) in [6, 6.07) is 0. The molecule has 1 saturated heterocycles. The first kappa shape index (κ1) is 13.3. The first-order valence-corrected chi connectivity index (χ1v) is 7.34. The van der Waals surface area contributed by atoms with E-state index in [1.54, 1.807) is 6.92 Å². The Hall–Kier alpha value is 0.190. The molecule has 0 spiro atoms. The van der Waals surface area contributed by atoms with Crippen LogP contribution >= 0.6 is 0 Å². The van der Waals surface area contributed by atoms with E-state index in [-0.39, 0.29) is 23.1 Å². The van der Waals surface area contributed by atoms with Gasteiger partial charge in [0.1, 0.15) is 29.8 Å². The number of hydrogen-bond donors (Lipinski definition) is 3. The van der Waals surface area contributed by atoms with Gasteiger partial charge in [0.2, 0.25) is 0 Å². The van der Waals surface area contributed by atoms with Crippen molar-refractivity contribution in [3.8, 4) is 0 Å². The third-order valence-corrected chi connectivity index (χ3v) is 4.63. The zero-order valence-electron chi connectivity index (χ0n) is 9.43. The van der Waals surface area contributed by atoms with E-state index in [1.807, 2.05) is 0 Å². The number of hydrogen-bond acceptors (Lipinski definition) is 4. The Morgan fingerprint density at radius 1 is 1.33 bits per heavy atom. The highest BCUT2D eigenvalue weighted by Crippen LogP contribution is 2.22.